The lowest BCUT2D eigenvalue weighted by Crippen LogP contribution is -2.12. The highest BCUT2D eigenvalue weighted by Crippen LogP contribution is 2.27. The molecule has 2 rings (SSSR count). The highest BCUT2D eigenvalue weighted by atomic mass is 35.5. The van der Waals surface area contributed by atoms with Gasteiger partial charge in [0.1, 0.15) is 10.8 Å². The Hall–Kier alpha value is -1.79. The smallest absolute Gasteiger partial charge is 0.182 e. The van der Waals surface area contributed by atoms with Crippen LogP contribution in [0.5, 0.6) is 0 Å². The van der Waals surface area contributed by atoms with Crippen molar-refractivity contribution in [3.8, 4) is 0 Å². The van der Waals surface area contributed by atoms with Gasteiger partial charge in [0.25, 0.3) is 0 Å². The summed E-state index contributed by atoms with van der Waals surface area (Å²) in [6.07, 6.45) is 0. The average Bonchev–Trinajstić information content (AvgIpc) is 2.37. The lowest BCUT2D eigenvalue weighted by molar-refractivity contribution is 0.498. The summed E-state index contributed by atoms with van der Waals surface area (Å²) in [6.45, 7) is 0. The SMILES string of the molecule is NC(=S)c1cc(Cl)ccc1Nc1cc(F)cc(F)c1F. The van der Waals surface area contributed by atoms with Gasteiger partial charge in [0.15, 0.2) is 11.6 Å². The third-order valence-electron chi connectivity index (χ3n) is 2.51. The average molecular weight is 317 g/mol. The molecule has 0 aromatic heterocycles. The van der Waals surface area contributed by atoms with Gasteiger partial charge in [-0.25, -0.2) is 13.2 Å². The van der Waals surface area contributed by atoms with Crippen LogP contribution in [-0.4, -0.2) is 4.99 Å². The van der Waals surface area contributed by atoms with Crippen LogP contribution < -0.4 is 11.1 Å². The third kappa shape index (κ3) is 3.02. The molecule has 7 heteroatoms. The number of nitrogens with one attached hydrogen (secondary N) is 1. The predicted octanol–water partition coefficient (Wildman–Crippen LogP) is 4.14. The van der Waals surface area contributed by atoms with Gasteiger partial charge in [0, 0.05) is 28.4 Å². The highest BCUT2D eigenvalue weighted by molar-refractivity contribution is 7.80. The van der Waals surface area contributed by atoms with E-state index < -0.39 is 17.5 Å². The van der Waals surface area contributed by atoms with Crippen LogP contribution >= 0.6 is 23.8 Å². The summed E-state index contributed by atoms with van der Waals surface area (Å²) in [6, 6.07) is 5.76. The van der Waals surface area contributed by atoms with Crippen molar-refractivity contribution >= 4 is 40.2 Å². The van der Waals surface area contributed by atoms with E-state index in [0.717, 1.165) is 6.07 Å². The van der Waals surface area contributed by atoms with Gasteiger partial charge >= 0.3 is 0 Å². The van der Waals surface area contributed by atoms with Crippen molar-refractivity contribution in [2.75, 3.05) is 5.32 Å². The van der Waals surface area contributed by atoms with Crippen molar-refractivity contribution in [3.05, 3.63) is 58.4 Å². The van der Waals surface area contributed by atoms with Gasteiger partial charge < -0.3 is 11.1 Å². The number of anilines is 2. The minimum absolute atomic E-state index is 0.0206. The van der Waals surface area contributed by atoms with E-state index in [2.05, 4.69) is 5.32 Å². The fraction of sp³-hybridized carbons (Fsp3) is 0. The van der Waals surface area contributed by atoms with Crippen molar-refractivity contribution in [1.82, 2.24) is 0 Å². The van der Waals surface area contributed by atoms with Gasteiger partial charge in [-0.3, -0.25) is 0 Å². The van der Waals surface area contributed by atoms with Crippen LogP contribution in [0.3, 0.4) is 0 Å². The predicted molar refractivity (Wildman–Crippen MR) is 76.9 cm³/mol. The van der Waals surface area contributed by atoms with E-state index in [9.17, 15) is 13.2 Å². The van der Waals surface area contributed by atoms with Gasteiger partial charge in [-0.2, -0.15) is 0 Å². The molecule has 2 aromatic carbocycles. The fourth-order valence-corrected chi connectivity index (χ4v) is 1.96. The molecule has 0 atom stereocenters. The zero-order valence-electron chi connectivity index (χ0n) is 9.88. The molecule has 0 saturated carbocycles. The number of hydrogen-bond acceptors (Lipinski definition) is 2. The summed E-state index contributed by atoms with van der Waals surface area (Å²) in [5, 5.41) is 2.93. The molecule has 3 N–H and O–H groups in total. The Kier molecular flexibility index (Phi) is 4.15. The van der Waals surface area contributed by atoms with Gasteiger partial charge in [0.05, 0.1) is 5.69 Å². The molecule has 0 aliphatic carbocycles. The molecule has 0 fully saturated rings. The zero-order chi connectivity index (χ0) is 14.9. The summed E-state index contributed by atoms with van der Waals surface area (Å²) in [7, 11) is 0. The van der Waals surface area contributed by atoms with Crippen LogP contribution in [0.4, 0.5) is 24.5 Å². The lowest BCUT2D eigenvalue weighted by atomic mass is 10.1. The van der Waals surface area contributed by atoms with Crippen LogP contribution in [0.25, 0.3) is 0 Å². The molecule has 0 saturated heterocycles. The second-order valence-electron chi connectivity index (χ2n) is 3.93. The van der Waals surface area contributed by atoms with Crippen molar-refractivity contribution in [2.45, 2.75) is 0 Å². The molecule has 0 amide bonds. The first-order chi connectivity index (χ1) is 9.38. The van der Waals surface area contributed by atoms with E-state index >= 15 is 0 Å². The van der Waals surface area contributed by atoms with Crippen molar-refractivity contribution < 1.29 is 13.2 Å². The van der Waals surface area contributed by atoms with Gasteiger partial charge in [-0.1, -0.05) is 23.8 Å². The molecule has 0 spiro atoms. The van der Waals surface area contributed by atoms with E-state index in [1.54, 1.807) is 0 Å². The summed E-state index contributed by atoms with van der Waals surface area (Å²) in [5.41, 5.74) is 5.81. The number of hydrogen-bond donors (Lipinski definition) is 2. The third-order valence-corrected chi connectivity index (χ3v) is 2.96. The quantitative estimate of drug-likeness (QED) is 0.660. The molecule has 104 valence electrons. The lowest BCUT2D eigenvalue weighted by Gasteiger charge is -2.12. The maximum absolute atomic E-state index is 13.6. The first kappa shape index (κ1) is 14.6. The monoisotopic (exact) mass is 316 g/mol. The molecule has 20 heavy (non-hydrogen) atoms. The maximum Gasteiger partial charge on any atom is 0.182 e. The van der Waals surface area contributed by atoms with Gasteiger partial charge in [-0.15, -0.1) is 0 Å². The minimum atomic E-state index is -1.29. The Morgan fingerprint density at radius 2 is 1.80 bits per heavy atom. The highest BCUT2D eigenvalue weighted by Gasteiger charge is 2.13. The second kappa shape index (κ2) is 5.68. The van der Waals surface area contributed by atoms with E-state index in [1.165, 1.54) is 18.2 Å². The van der Waals surface area contributed by atoms with Crippen LogP contribution in [0.2, 0.25) is 5.02 Å². The van der Waals surface area contributed by atoms with Crippen molar-refractivity contribution in [3.63, 3.8) is 0 Å². The van der Waals surface area contributed by atoms with Crippen molar-refractivity contribution in [1.29, 1.82) is 0 Å². The molecule has 0 aliphatic heterocycles. The van der Waals surface area contributed by atoms with Crippen LogP contribution in [0.1, 0.15) is 5.56 Å². The summed E-state index contributed by atoms with van der Waals surface area (Å²) in [5.74, 6) is -3.40. The molecule has 0 bridgehead atoms. The molecule has 2 nitrogen and oxygen atoms in total. The Morgan fingerprint density at radius 1 is 1.10 bits per heavy atom. The van der Waals surface area contributed by atoms with Crippen molar-refractivity contribution in [2.24, 2.45) is 5.73 Å². The number of halogens is 4. The molecular weight excluding hydrogens is 309 g/mol. The van der Waals surface area contributed by atoms with Gasteiger partial charge in [0.2, 0.25) is 0 Å². The Labute approximate surface area is 123 Å². The second-order valence-corrected chi connectivity index (χ2v) is 4.80. The number of nitrogens with two attached hydrogens (primary N) is 1. The number of benzene rings is 2. The van der Waals surface area contributed by atoms with E-state index in [-0.39, 0.29) is 10.7 Å². The standard InChI is InChI=1S/C13H8ClF3N2S/c14-6-1-2-10(8(3-6)13(18)20)19-11-5-7(15)4-9(16)12(11)17/h1-5,19H,(H2,18,20). The van der Waals surface area contributed by atoms with E-state index in [1.807, 2.05) is 0 Å². The van der Waals surface area contributed by atoms with Gasteiger partial charge in [-0.05, 0) is 18.2 Å². The zero-order valence-corrected chi connectivity index (χ0v) is 11.5. The summed E-state index contributed by atoms with van der Waals surface area (Å²) in [4.78, 5) is 0.0206. The summed E-state index contributed by atoms with van der Waals surface area (Å²) < 4.78 is 39.8. The number of rotatable bonds is 3. The Bertz CT molecular complexity index is 692. The topological polar surface area (TPSA) is 38.0 Å². The largest absolute Gasteiger partial charge is 0.389 e. The van der Waals surface area contributed by atoms with Crippen LogP contribution in [0, 0.1) is 17.5 Å². The van der Waals surface area contributed by atoms with Crippen LogP contribution in [-0.2, 0) is 0 Å². The molecule has 0 unspecified atom stereocenters. The van der Waals surface area contributed by atoms with Crippen LogP contribution in [0.15, 0.2) is 30.3 Å². The van der Waals surface area contributed by atoms with E-state index in [0.29, 0.717) is 22.3 Å². The minimum Gasteiger partial charge on any atom is -0.389 e. The number of thiocarbonyl (C=S) groups is 1. The first-order valence-corrected chi connectivity index (χ1v) is 6.18. The first-order valence-electron chi connectivity index (χ1n) is 5.39. The molecule has 0 radical (unpaired) electrons. The Balaban J connectivity index is 2.48. The fourth-order valence-electron chi connectivity index (χ4n) is 1.62. The normalized spacial score (nSPS) is 10.4. The molecule has 0 aliphatic rings. The maximum atomic E-state index is 13.6. The molecule has 0 heterocycles. The molecule has 2 aromatic rings. The van der Waals surface area contributed by atoms with E-state index in [4.69, 9.17) is 29.6 Å². The summed E-state index contributed by atoms with van der Waals surface area (Å²) >= 11 is 10.7. The Morgan fingerprint density at radius 3 is 2.45 bits per heavy atom. The molecular formula is C13H8ClF3N2S.